The minimum atomic E-state index is -0.321. The van der Waals surface area contributed by atoms with Gasteiger partial charge in [-0.3, -0.25) is 14.5 Å². The van der Waals surface area contributed by atoms with Gasteiger partial charge in [0.25, 0.3) is 11.8 Å². The first-order valence-corrected chi connectivity index (χ1v) is 9.35. The standard InChI is InChI=1S/C21H18N4O3/c26-19-16-8-4-5-9-17(16)20(27)23(19)12-13-24-21(28)25(15-6-2-1-3-7-15)18(22-24)14-10-11-14/h1-9,14H,10-13H2. The SMILES string of the molecule is O=C1c2ccccc2C(=O)N1CCn1nc(C2CC2)n(-c2ccccc2)c1=O. The Balaban J connectivity index is 1.44. The predicted octanol–water partition coefficient (Wildman–Crippen LogP) is 2.21. The molecule has 2 aliphatic rings. The number of carbonyl (C=O) groups excluding carboxylic acids is 2. The van der Waals surface area contributed by atoms with E-state index in [0.29, 0.717) is 11.1 Å². The van der Waals surface area contributed by atoms with E-state index in [0.717, 1.165) is 24.4 Å². The Labute approximate surface area is 160 Å². The van der Waals surface area contributed by atoms with Crippen LogP contribution in [-0.4, -0.2) is 37.6 Å². The summed E-state index contributed by atoms with van der Waals surface area (Å²) in [6, 6.07) is 16.2. The van der Waals surface area contributed by atoms with Crippen molar-refractivity contribution in [1.82, 2.24) is 19.2 Å². The van der Waals surface area contributed by atoms with E-state index in [1.807, 2.05) is 30.3 Å². The second kappa shape index (κ2) is 6.30. The zero-order valence-electron chi connectivity index (χ0n) is 15.1. The highest BCUT2D eigenvalue weighted by Gasteiger charge is 2.35. The molecule has 0 N–H and O–H groups in total. The van der Waals surface area contributed by atoms with Gasteiger partial charge in [-0.1, -0.05) is 30.3 Å². The molecule has 140 valence electrons. The number of hydrogen-bond acceptors (Lipinski definition) is 4. The molecule has 0 saturated heterocycles. The van der Waals surface area contributed by atoms with Crippen LogP contribution in [0.1, 0.15) is 45.3 Å². The highest BCUT2D eigenvalue weighted by molar-refractivity contribution is 6.21. The number of benzene rings is 2. The molecule has 1 saturated carbocycles. The van der Waals surface area contributed by atoms with E-state index in [1.54, 1.807) is 28.8 Å². The van der Waals surface area contributed by atoms with Crippen LogP contribution in [0.25, 0.3) is 5.69 Å². The molecular weight excluding hydrogens is 356 g/mol. The van der Waals surface area contributed by atoms with Gasteiger partial charge in [0.2, 0.25) is 0 Å². The maximum Gasteiger partial charge on any atom is 0.350 e. The largest absolute Gasteiger partial charge is 0.350 e. The summed E-state index contributed by atoms with van der Waals surface area (Å²) in [5, 5.41) is 4.53. The van der Waals surface area contributed by atoms with Gasteiger partial charge in [-0.15, -0.1) is 0 Å². The summed E-state index contributed by atoms with van der Waals surface area (Å²) in [4.78, 5) is 39.2. The van der Waals surface area contributed by atoms with Gasteiger partial charge in [-0.2, -0.15) is 5.10 Å². The fourth-order valence-corrected chi connectivity index (χ4v) is 3.63. The molecule has 2 heterocycles. The molecule has 0 bridgehead atoms. The van der Waals surface area contributed by atoms with Crippen molar-refractivity contribution < 1.29 is 9.59 Å². The van der Waals surface area contributed by atoms with Gasteiger partial charge < -0.3 is 0 Å². The summed E-state index contributed by atoms with van der Waals surface area (Å²) in [6.45, 7) is 0.284. The molecule has 2 aromatic carbocycles. The molecule has 1 fully saturated rings. The molecule has 3 aromatic rings. The number of imide groups is 1. The fourth-order valence-electron chi connectivity index (χ4n) is 3.63. The van der Waals surface area contributed by atoms with E-state index in [4.69, 9.17) is 0 Å². The predicted molar refractivity (Wildman–Crippen MR) is 102 cm³/mol. The summed E-state index contributed by atoms with van der Waals surface area (Å²) in [7, 11) is 0. The zero-order valence-corrected chi connectivity index (χ0v) is 15.1. The van der Waals surface area contributed by atoms with Crippen molar-refractivity contribution in [1.29, 1.82) is 0 Å². The van der Waals surface area contributed by atoms with Crippen LogP contribution in [0.2, 0.25) is 0 Å². The summed E-state index contributed by atoms with van der Waals surface area (Å²) in [5.74, 6) is 0.393. The molecule has 0 spiro atoms. The fraction of sp³-hybridized carbons (Fsp3) is 0.238. The topological polar surface area (TPSA) is 77.2 Å². The van der Waals surface area contributed by atoms with Crippen molar-refractivity contribution in [3.63, 3.8) is 0 Å². The van der Waals surface area contributed by atoms with Gasteiger partial charge >= 0.3 is 5.69 Å². The lowest BCUT2D eigenvalue weighted by molar-refractivity contribution is 0.0647. The van der Waals surface area contributed by atoms with Gasteiger partial charge in [0.05, 0.1) is 23.4 Å². The molecule has 1 aliphatic carbocycles. The Hall–Kier alpha value is -3.48. The van der Waals surface area contributed by atoms with Gasteiger partial charge in [0.15, 0.2) is 0 Å². The highest BCUT2D eigenvalue weighted by atomic mass is 16.2. The number of fused-ring (bicyclic) bond motifs is 1. The third-order valence-corrected chi connectivity index (χ3v) is 5.23. The van der Waals surface area contributed by atoms with Gasteiger partial charge in [-0.25, -0.2) is 14.0 Å². The average molecular weight is 374 g/mol. The molecule has 7 heteroatoms. The molecular formula is C21H18N4O3. The van der Waals surface area contributed by atoms with Crippen LogP contribution in [0.3, 0.4) is 0 Å². The number of rotatable bonds is 5. The smallest absolute Gasteiger partial charge is 0.272 e. The molecule has 0 atom stereocenters. The second-order valence-electron chi connectivity index (χ2n) is 7.12. The van der Waals surface area contributed by atoms with Crippen molar-refractivity contribution in [3.8, 4) is 5.69 Å². The van der Waals surface area contributed by atoms with E-state index < -0.39 is 0 Å². The average Bonchev–Trinajstić information content (AvgIpc) is 3.48. The third-order valence-electron chi connectivity index (χ3n) is 5.23. The quantitative estimate of drug-likeness (QED) is 0.642. The first-order chi connectivity index (χ1) is 13.6. The Morgan fingerprint density at radius 3 is 2.04 bits per heavy atom. The van der Waals surface area contributed by atoms with Crippen LogP contribution in [0.4, 0.5) is 0 Å². The van der Waals surface area contributed by atoms with Crippen molar-refractivity contribution >= 4 is 11.8 Å². The molecule has 1 aromatic heterocycles. The summed E-state index contributed by atoms with van der Waals surface area (Å²) < 4.78 is 3.00. The lowest BCUT2D eigenvalue weighted by Crippen LogP contribution is -2.35. The lowest BCUT2D eigenvalue weighted by atomic mass is 10.1. The monoisotopic (exact) mass is 374 g/mol. The van der Waals surface area contributed by atoms with E-state index in [-0.39, 0.29) is 36.5 Å². The molecule has 1 aliphatic heterocycles. The Morgan fingerprint density at radius 2 is 1.43 bits per heavy atom. The molecule has 0 radical (unpaired) electrons. The van der Waals surface area contributed by atoms with Crippen LogP contribution in [0.15, 0.2) is 59.4 Å². The van der Waals surface area contributed by atoms with Crippen LogP contribution < -0.4 is 5.69 Å². The zero-order chi connectivity index (χ0) is 19.3. The van der Waals surface area contributed by atoms with Gasteiger partial charge in [0, 0.05) is 12.5 Å². The minimum Gasteiger partial charge on any atom is -0.272 e. The molecule has 7 nitrogen and oxygen atoms in total. The number of aromatic nitrogens is 3. The summed E-state index contributed by atoms with van der Waals surface area (Å²) in [5.41, 5.74) is 1.35. The maximum atomic E-state index is 13.0. The van der Waals surface area contributed by atoms with E-state index in [9.17, 15) is 14.4 Å². The van der Waals surface area contributed by atoms with Crippen LogP contribution in [-0.2, 0) is 6.54 Å². The van der Waals surface area contributed by atoms with Crippen molar-refractivity contribution in [2.24, 2.45) is 0 Å². The van der Waals surface area contributed by atoms with E-state index in [1.165, 1.54) is 9.58 Å². The first-order valence-electron chi connectivity index (χ1n) is 9.35. The number of amides is 2. The normalized spacial score (nSPS) is 15.9. The molecule has 28 heavy (non-hydrogen) atoms. The maximum absolute atomic E-state index is 13.0. The molecule has 5 rings (SSSR count). The van der Waals surface area contributed by atoms with E-state index >= 15 is 0 Å². The molecule has 2 amide bonds. The number of para-hydroxylation sites is 1. The van der Waals surface area contributed by atoms with Crippen molar-refractivity contribution in [2.75, 3.05) is 6.54 Å². The van der Waals surface area contributed by atoms with Crippen LogP contribution >= 0.6 is 0 Å². The Morgan fingerprint density at radius 1 is 0.821 bits per heavy atom. The molecule has 0 unspecified atom stereocenters. The van der Waals surface area contributed by atoms with Gasteiger partial charge in [-0.05, 0) is 37.1 Å². The van der Waals surface area contributed by atoms with Crippen molar-refractivity contribution in [3.05, 3.63) is 82.0 Å². The van der Waals surface area contributed by atoms with Crippen LogP contribution in [0, 0.1) is 0 Å². The second-order valence-corrected chi connectivity index (χ2v) is 7.12. The van der Waals surface area contributed by atoms with E-state index in [2.05, 4.69) is 5.10 Å². The number of carbonyl (C=O) groups is 2. The summed E-state index contributed by atoms with van der Waals surface area (Å²) >= 11 is 0. The lowest BCUT2D eigenvalue weighted by Gasteiger charge is -2.12. The van der Waals surface area contributed by atoms with Crippen molar-refractivity contribution in [2.45, 2.75) is 25.3 Å². The number of nitrogens with zero attached hydrogens (tertiary/aromatic N) is 4. The third kappa shape index (κ3) is 2.58. The first kappa shape index (κ1) is 16.7. The number of hydrogen-bond donors (Lipinski definition) is 0. The Bertz CT molecular complexity index is 1110. The Kier molecular flexibility index (Phi) is 3.75. The summed E-state index contributed by atoms with van der Waals surface area (Å²) in [6.07, 6.45) is 2.03. The van der Waals surface area contributed by atoms with Crippen LogP contribution in [0.5, 0.6) is 0 Å². The van der Waals surface area contributed by atoms with Gasteiger partial charge in [0.1, 0.15) is 5.82 Å². The minimum absolute atomic E-state index is 0.113. The highest BCUT2D eigenvalue weighted by Crippen LogP contribution is 2.39.